The van der Waals surface area contributed by atoms with Crippen LogP contribution < -0.4 is 0 Å². The zero-order valence-corrected chi connectivity index (χ0v) is 8.86. The first kappa shape index (κ1) is 9.33. The third-order valence-corrected chi connectivity index (χ3v) is 3.18. The lowest BCUT2D eigenvalue weighted by Gasteiger charge is -2.03. The molecule has 3 rings (SSSR count). The highest BCUT2D eigenvalue weighted by molar-refractivity contribution is 5.85. The average Bonchev–Trinajstić information content (AvgIpc) is 2.96. The molecule has 1 heterocycles. The molecule has 80 valence electrons. The molecular formula is C13H12N2O. The number of carbonyl (C=O) groups is 1. The van der Waals surface area contributed by atoms with Gasteiger partial charge in [0.1, 0.15) is 0 Å². The van der Waals surface area contributed by atoms with E-state index in [1.807, 2.05) is 0 Å². The molecule has 0 aliphatic heterocycles. The predicted molar refractivity (Wildman–Crippen MR) is 61.4 cm³/mol. The van der Waals surface area contributed by atoms with Gasteiger partial charge in [0.2, 0.25) is 0 Å². The number of carbonyl (C=O) groups excluding carboxylic acids is 1. The molecule has 1 aliphatic carbocycles. The van der Waals surface area contributed by atoms with E-state index in [1.165, 1.54) is 24.0 Å². The first-order valence-electron chi connectivity index (χ1n) is 5.49. The lowest BCUT2D eigenvalue weighted by molar-refractivity contribution is 0.112. The van der Waals surface area contributed by atoms with E-state index in [0.29, 0.717) is 5.56 Å². The van der Waals surface area contributed by atoms with Crippen molar-refractivity contribution < 1.29 is 4.79 Å². The van der Waals surface area contributed by atoms with Gasteiger partial charge in [0.25, 0.3) is 0 Å². The van der Waals surface area contributed by atoms with Crippen LogP contribution in [0.5, 0.6) is 0 Å². The Kier molecular flexibility index (Phi) is 2.10. The molecule has 3 nitrogen and oxygen atoms in total. The Morgan fingerprint density at radius 2 is 2.12 bits per heavy atom. The Hall–Kier alpha value is -1.90. The summed E-state index contributed by atoms with van der Waals surface area (Å²) in [6, 6.07) is 6.39. The van der Waals surface area contributed by atoms with E-state index in [0.717, 1.165) is 24.0 Å². The number of H-pyrrole nitrogens is 1. The molecule has 0 fully saturated rings. The molecule has 16 heavy (non-hydrogen) atoms. The first-order valence-corrected chi connectivity index (χ1v) is 5.49. The van der Waals surface area contributed by atoms with Gasteiger partial charge in [-0.25, -0.2) is 0 Å². The number of hydrogen-bond acceptors (Lipinski definition) is 2. The quantitative estimate of drug-likeness (QED) is 0.777. The molecule has 1 aromatic carbocycles. The van der Waals surface area contributed by atoms with Crippen LogP contribution in [0.15, 0.2) is 24.4 Å². The fourth-order valence-electron chi connectivity index (χ4n) is 2.34. The highest BCUT2D eigenvalue weighted by Gasteiger charge is 2.13. The number of aryl methyl sites for hydroxylation is 2. The number of fused-ring (bicyclic) bond motifs is 1. The van der Waals surface area contributed by atoms with Crippen molar-refractivity contribution in [3.63, 3.8) is 0 Å². The second-order valence-corrected chi connectivity index (χ2v) is 4.16. The van der Waals surface area contributed by atoms with Crippen molar-refractivity contribution in [1.82, 2.24) is 10.2 Å². The van der Waals surface area contributed by atoms with Crippen LogP contribution in [-0.4, -0.2) is 16.5 Å². The molecule has 1 aromatic heterocycles. The Labute approximate surface area is 93.5 Å². The average molecular weight is 212 g/mol. The molecule has 0 amide bonds. The maximum atomic E-state index is 10.8. The van der Waals surface area contributed by atoms with Crippen LogP contribution in [-0.2, 0) is 12.8 Å². The maximum absolute atomic E-state index is 10.8. The van der Waals surface area contributed by atoms with E-state index in [4.69, 9.17) is 0 Å². The van der Waals surface area contributed by atoms with Gasteiger partial charge in [-0.05, 0) is 36.5 Å². The first-order chi connectivity index (χ1) is 7.88. The number of aldehydes is 1. The van der Waals surface area contributed by atoms with E-state index < -0.39 is 0 Å². The summed E-state index contributed by atoms with van der Waals surface area (Å²) < 4.78 is 0. The number of aromatic nitrogens is 2. The Morgan fingerprint density at radius 1 is 1.25 bits per heavy atom. The van der Waals surface area contributed by atoms with Crippen LogP contribution in [0.1, 0.15) is 27.9 Å². The number of aromatic amines is 1. The van der Waals surface area contributed by atoms with Crippen LogP contribution in [0, 0.1) is 0 Å². The lowest BCUT2D eigenvalue weighted by atomic mass is 10.0. The fraction of sp³-hybridized carbons (Fsp3) is 0.231. The molecule has 0 bridgehead atoms. The molecule has 1 aliphatic rings. The summed E-state index contributed by atoms with van der Waals surface area (Å²) in [4.78, 5) is 10.8. The summed E-state index contributed by atoms with van der Waals surface area (Å²) in [6.45, 7) is 0. The van der Waals surface area contributed by atoms with Gasteiger partial charge in [-0.15, -0.1) is 0 Å². The zero-order chi connectivity index (χ0) is 11.0. The third kappa shape index (κ3) is 1.36. The molecule has 0 saturated carbocycles. The van der Waals surface area contributed by atoms with Gasteiger partial charge in [-0.2, -0.15) is 5.10 Å². The molecule has 0 radical (unpaired) electrons. The van der Waals surface area contributed by atoms with Crippen LogP contribution in [0.2, 0.25) is 0 Å². The highest BCUT2D eigenvalue weighted by atomic mass is 16.1. The number of hydrogen-bond donors (Lipinski definition) is 1. The summed E-state index contributed by atoms with van der Waals surface area (Å²) in [5.74, 6) is 0. The van der Waals surface area contributed by atoms with E-state index in [1.54, 1.807) is 6.20 Å². The van der Waals surface area contributed by atoms with Crippen LogP contribution in [0.4, 0.5) is 0 Å². The van der Waals surface area contributed by atoms with E-state index >= 15 is 0 Å². The van der Waals surface area contributed by atoms with E-state index in [2.05, 4.69) is 28.4 Å². The van der Waals surface area contributed by atoms with Gasteiger partial charge in [-0.1, -0.05) is 12.1 Å². The van der Waals surface area contributed by atoms with Gasteiger partial charge < -0.3 is 0 Å². The smallest absolute Gasteiger partial charge is 0.153 e. The standard InChI is InChI=1S/C13H12N2O/c16-8-12-7-14-15-13(12)11-5-4-9-2-1-3-10(9)6-11/h4-8H,1-3H2,(H,14,15). The number of benzene rings is 1. The molecule has 0 spiro atoms. The van der Waals surface area contributed by atoms with Crippen molar-refractivity contribution in [3.8, 4) is 11.3 Å². The number of nitrogens with zero attached hydrogens (tertiary/aromatic N) is 1. The fourth-order valence-corrected chi connectivity index (χ4v) is 2.34. The van der Waals surface area contributed by atoms with Gasteiger partial charge in [-0.3, -0.25) is 9.89 Å². The van der Waals surface area contributed by atoms with Crippen LogP contribution >= 0.6 is 0 Å². The zero-order valence-electron chi connectivity index (χ0n) is 8.86. The van der Waals surface area contributed by atoms with Gasteiger partial charge >= 0.3 is 0 Å². The number of rotatable bonds is 2. The minimum atomic E-state index is 0.623. The van der Waals surface area contributed by atoms with Crippen LogP contribution in [0.3, 0.4) is 0 Å². The molecule has 1 N–H and O–H groups in total. The molecule has 0 atom stereocenters. The van der Waals surface area contributed by atoms with Gasteiger partial charge in [0.05, 0.1) is 17.5 Å². The van der Waals surface area contributed by atoms with Crippen molar-refractivity contribution in [3.05, 3.63) is 41.1 Å². The van der Waals surface area contributed by atoms with Crippen molar-refractivity contribution in [2.24, 2.45) is 0 Å². The van der Waals surface area contributed by atoms with Gasteiger partial charge in [0, 0.05) is 5.56 Å². The summed E-state index contributed by atoms with van der Waals surface area (Å²) in [5.41, 5.74) is 5.35. The Bertz CT molecular complexity index is 543. The second-order valence-electron chi connectivity index (χ2n) is 4.16. The minimum Gasteiger partial charge on any atom is -0.298 e. The molecular weight excluding hydrogens is 200 g/mol. The molecule has 0 saturated heterocycles. The Balaban J connectivity index is 2.10. The van der Waals surface area contributed by atoms with Crippen molar-refractivity contribution in [2.75, 3.05) is 0 Å². The third-order valence-electron chi connectivity index (χ3n) is 3.18. The molecule has 3 heteroatoms. The normalized spacial score (nSPS) is 13.8. The highest BCUT2D eigenvalue weighted by Crippen LogP contribution is 2.28. The molecule has 0 unspecified atom stereocenters. The van der Waals surface area contributed by atoms with Crippen molar-refractivity contribution in [1.29, 1.82) is 0 Å². The SMILES string of the molecule is O=Cc1cn[nH]c1-c1ccc2c(c1)CCC2. The van der Waals surface area contributed by atoms with Crippen molar-refractivity contribution in [2.45, 2.75) is 19.3 Å². The van der Waals surface area contributed by atoms with Gasteiger partial charge in [0.15, 0.2) is 6.29 Å². The van der Waals surface area contributed by atoms with Crippen LogP contribution in [0.25, 0.3) is 11.3 Å². The minimum absolute atomic E-state index is 0.623. The summed E-state index contributed by atoms with van der Waals surface area (Å²) >= 11 is 0. The predicted octanol–water partition coefficient (Wildman–Crippen LogP) is 2.38. The Morgan fingerprint density at radius 3 is 3.00 bits per heavy atom. The summed E-state index contributed by atoms with van der Waals surface area (Å²) in [7, 11) is 0. The van der Waals surface area contributed by atoms with Crippen molar-refractivity contribution >= 4 is 6.29 Å². The van der Waals surface area contributed by atoms with E-state index in [9.17, 15) is 4.79 Å². The number of nitrogens with one attached hydrogen (secondary N) is 1. The molecule has 2 aromatic rings. The lowest BCUT2D eigenvalue weighted by Crippen LogP contribution is -1.88. The summed E-state index contributed by atoms with van der Waals surface area (Å²) in [6.07, 6.45) is 5.97. The van der Waals surface area contributed by atoms with E-state index in [-0.39, 0.29) is 0 Å². The second kappa shape index (κ2) is 3.59. The monoisotopic (exact) mass is 212 g/mol. The maximum Gasteiger partial charge on any atom is 0.153 e. The largest absolute Gasteiger partial charge is 0.298 e. The summed E-state index contributed by atoms with van der Waals surface area (Å²) in [5, 5.41) is 6.79. The topological polar surface area (TPSA) is 45.8 Å².